The lowest BCUT2D eigenvalue weighted by Gasteiger charge is -2.21. The Morgan fingerprint density at radius 3 is 1.12 bits per heavy atom. The third-order valence-electron chi connectivity index (χ3n) is 12.9. The number of carbonyl (C=O) groups is 6. The fourth-order valence-corrected chi connectivity index (χ4v) is 12.9. The summed E-state index contributed by atoms with van der Waals surface area (Å²) < 4.78 is 0. The van der Waals surface area contributed by atoms with Crippen molar-refractivity contribution in [1.82, 2.24) is 31.9 Å². The number of nitrogens with one attached hydrogen (secondary N) is 6. The van der Waals surface area contributed by atoms with Gasteiger partial charge in [-0.1, -0.05) is 73.5 Å². The van der Waals surface area contributed by atoms with Gasteiger partial charge in [-0.2, -0.15) is 0 Å². The van der Waals surface area contributed by atoms with E-state index >= 15 is 0 Å². The maximum absolute atomic E-state index is 13.2. The molecular weight excluding hydrogens is 1060 g/mol. The molecule has 4 atom stereocenters. The Balaban J connectivity index is 0.864. The summed E-state index contributed by atoms with van der Waals surface area (Å²) in [6.07, 6.45) is 8.28. The number of aryl methyl sites for hydroxylation is 2. The van der Waals surface area contributed by atoms with E-state index in [2.05, 4.69) is 80.4 Å². The van der Waals surface area contributed by atoms with Gasteiger partial charge in [-0.15, -0.1) is 45.3 Å². The molecule has 0 saturated carbocycles. The monoisotopic (exact) mass is 1140 g/mol. The molecule has 0 saturated heterocycles. The molecule has 2 aromatic carbocycles. The summed E-state index contributed by atoms with van der Waals surface area (Å²) in [4.78, 5) is 87.1. The lowest BCUT2D eigenvalue weighted by molar-refractivity contribution is -0.129. The van der Waals surface area contributed by atoms with Crippen LogP contribution in [0.4, 0.5) is 0 Å². The molecule has 0 radical (unpaired) electrons. The van der Waals surface area contributed by atoms with Gasteiger partial charge >= 0.3 is 0 Å². The van der Waals surface area contributed by atoms with E-state index in [1.807, 2.05) is 60.7 Å². The second-order valence-electron chi connectivity index (χ2n) is 19.1. The van der Waals surface area contributed by atoms with Crippen molar-refractivity contribution in [1.29, 1.82) is 0 Å². The maximum atomic E-state index is 13.2. The standard InChI is InChI=1S/C58H76N10O6S4/c59-31-9-7-19-43(61)55(71)67-45(37-39-13-3-1-4-14-39)57(73)65-35-33-63-53(69)21-11-17-41-23-25-47(75-41)49-27-29-51(77-49)52-30-28-50(78-52)48-26-24-42(76-48)18-12-22-54(70)64-34-36-66-58(74)46(38-40-15-5-2-6-16-40)68-56(72)44(62)20-8-10-32-60/h1-6,13-16,23-30,43-46H,7-12,17-22,31-38,59-62H2,(H,63,69)(H,64,70)(H,65,73)(H,66,74)(H,67,71)(H,68,72)/t43-,44-,45-,46-/m0/s1. The normalized spacial score (nSPS) is 12.7. The summed E-state index contributed by atoms with van der Waals surface area (Å²) in [7, 11) is 0. The topological polar surface area (TPSA) is 279 Å². The van der Waals surface area contributed by atoms with Gasteiger partial charge in [-0.25, -0.2) is 0 Å². The first kappa shape index (κ1) is 61.1. The van der Waals surface area contributed by atoms with Gasteiger partial charge in [-0.3, -0.25) is 28.8 Å². The molecule has 20 heteroatoms. The molecule has 4 heterocycles. The number of hydrogen-bond acceptors (Lipinski definition) is 14. The van der Waals surface area contributed by atoms with Crippen molar-refractivity contribution >= 4 is 80.8 Å². The van der Waals surface area contributed by atoms with E-state index < -0.39 is 24.2 Å². The first-order valence-electron chi connectivity index (χ1n) is 27.0. The maximum Gasteiger partial charge on any atom is 0.242 e. The summed E-state index contributed by atoms with van der Waals surface area (Å²) in [5.41, 5.74) is 25.2. The van der Waals surface area contributed by atoms with Crippen LogP contribution in [0.5, 0.6) is 0 Å². The lowest BCUT2D eigenvalue weighted by atomic mass is 10.0. The van der Waals surface area contributed by atoms with Gasteiger partial charge < -0.3 is 54.8 Å². The largest absolute Gasteiger partial charge is 0.354 e. The van der Waals surface area contributed by atoms with Crippen molar-refractivity contribution in [2.24, 2.45) is 22.9 Å². The molecule has 78 heavy (non-hydrogen) atoms. The zero-order valence-corrected chi connectivity index (χ0v) is 47.5. The number of rotatable bonds is 35. The van der Waals surface area contributed by atoms with Crippen LogP contribution in [0.1, 0.15) is 85.1 Å². The van der Waals surface area contributed by atoms with Gasteiger partial charge in [0.2, 0.25) is 35.4 Å². The number of amides is 6. The smallest absolute Gasteiger partial charge is 0.242 e. The molecule has 0 bridgehead atoms. The third kappa shape index (κ3) is 20.9. The first-order chi connectivity index (χ1) is 37.9. The van der Waals surface area contributed by atoms with Crippen LogP contribution in [-0.2, 0) is 54.5 Å². The number of benzene rings is 2. The Morgan fingerprint density at radius 2 is 0.744 bits per heavy atom. The van der Waals surface area contributed by atoms with Crippen molar-refractivity contribution in [2.75, 3.05) is 39.3 Å². The third-order valence-corrected chi connectivity index (χ3v) is 17.9. The van der Waals surface area contributed by atoms with Gasteiger partial charge in [-0.05, 0) is 124 Å². The molecule has 0 aliphatic heterocycles. The van der Waals surface area contributed by atoms with Gasteiger partial charge in [0.25, 0.3) is 0 Å². The van der Waals surface area contributed by atoms with Crippen LogP contribution >= 0.6 is 45.3 Å². The van der Waals surface area contributed by atoms with E-state index in [0.29, 0.717) is 64.5 Å². The zero-order chi connectivity index (χ0) is 55.5. The number of unbranched alkanes of at least 4 members (excludes halogenated alkanes) is 2. The minimum atomic E-state index is -0.806. The minimum Gasteiger partial charge on any atom is -0.354 e. The first-order valence-corrected chi connectivity index (χ1v) is 30.2. The summed E-state index contributed by atoms with van der Waals surface area (Å²) in [6, 6.07) is 33.1. The molecule has 4 aromatic heterocycles. The summed E-state index contributed by atoms with van der Waals surface area (Å²) in [5.74, 6) is -1.60. The van der Waals surface area contributed by atoms with E-state index in [9.17, 15) is 28.8 Å². The van der Waals surface area contributed by atoms with E-state index in [4.69, 9.17) is 22.9 Å². The SMILES string of the molecule is NCCCC[C@H](N)C(=O)N[C@@H](Cc1ccccc1)C(=O)NCCNC(=O)CCCc1ccc(-c2ccc(-c3ccc(-c4ccc(CCCC(=O)NCCNC(=O)[C@H](Cc5ccccc5)NC(=O)[C@@H](N)CCCCN)s4)s3)s2)s1. The lowest BCUT2D eigenvalue weighted by Crippen LogP contribution is -2.53. The van der Waals surface area contributed by atoms with Crippen molar-refractivity contribution < 1.29 is 28.8 Å². The average Bonchev–Trinajstić information content (AvgIpc) is 4.33. The molecule has 0 spiro atoms. The van der Waals surface area contributed by atoms with Gasteiger partial charge in [0.05, 0.1) is 12.1 Å². The fraction of sp³-hybridized carbons (Fsp3) is 0.414. The van der Waals surface area contributed by atoms with Crippen LogP contribution < -0.4 is 54.8 Å². The van der Waals surface area contributed by atoms with Crippen molar-refractivity contribution in [3.8, 4) is 29.3 Å². The Kier molecular flexibility index (Phi) is 26.1. The van der Waals surface area contributed by atoms with Crippen LogP contribution in [0, 0.1) is 0 Å². The molecule has 0 aliphatic carbocycles. The van der Waals surface area contributed by atoms with Crippen molar-refractivity contribution in [2.45, 2.75) is 114 Å². The Labute approximate surface area is 474 Å². The molecule has 6 amide bonds. The number of thiophene rings is 4. The highest BCUT2D eigenvalue weighted by atomic mass is 32.1. The van der Waals surface area contributed by atoms with E-state index in [1.54, 1.807) is 45.3 Å². The number of carbonyl (C=O) groups excluding carboxylic acids is 6. The van der Waals surface area contributed by atoms with Crippen molar-refractivity contribution in [3.63, 3.8) is 0 Å². The quantitative estimate of drug-likeness (QED) is 0.0195. The van der Waals surface area contributed by atoms with Gasteiger partial charge in [0.15, 0.2) is 0 Å². The molecule has 16 nitrogen and oxygen atoms in total. The highest BCUT2D eigenvalue weighted by Crippen LogP contribution is 2.43. The second-order valence-corrected chi connectivity index (χ2v) is 23.6. The van der Waals surface area contributed by atoms with Crippen LogP contribution in [-0.4, -0.2) is 98.9 Å². The zero-order valence-electron chi connectivity index (χ0n) is 44.2. The van der Waals surface area contributed by atoms with Crippen LogP contribution in [0.2, 0.25) is 0 Å². The molecule has 6 aromatic rings. The molecule has 0 fully saturated rings. The number of hydrogen-bond donors (Lipinski definition) is 10. The predicted molar refractivity (Wildman–Crippen MR) is 318 cm³/mol. The summed E-state index contributed by atoms with van der Waals surface area (Å²) in [5, 5.41) is 17.2. The predicted octanol–water partition coefficient (Wildman–Crippen LogP) is 6.41. The van der Waals surface area contributed by atoms with Crippen LogP contribution in [0.25, 0.3) is 29.3 Å². The van der Waals surface area contributed by atoms with Gasteiger partial charge in [0.1, 0.15) is 12.1 Å². The van der Waals surface area contributed by atoms with E-state index in [-0.39, 0.29) is 61.6 Å². The molecule has 418 valence electrons. The molecule has 6 rings (SSSR count). The molecule has 0 unspecified atom stereocenters. The molecule has 0 aliphatic rings. The van der Waals surface area contributed by atoms with Crippen LogP contribution in [0.3, 0.4) is 0 Å². The Morgan fingerprint density at radius 1 is 0.397 bits per heavy atom. The van der Waals surface area contributed by atoms with Crippen molar-refractivity contribution in [3.05, 3.63) is 130 Å². The number of nitrogens with two attached hydrogens (primary N) is 4. The average molecular weight is 1140 g/mol. The Bertz CT molecular complexity index is 2610. The highest BCUT2D eigenvalue weighted by Gasteiger charge is 2.26. The second kappa shape index (κ2) is 33.4. The highest BCUT2D eigenvalue weighted by molar-refractivity contribution is 7.28. The van der Waals surface area contributed by atoms with Gasteiger partial charge in [0, 0.05) is 90.9 Å². The molecule has 14 N–H and O–H groups in total. The summed E-state index contributed by atoms with van der Waals surface area (Å²) >= 11 is 7.02. The van der Waals surface area contributed by atoms with E-state index in [0.717, 1.165) is 49.7 Å². The Hall–Kier alpha value is -6.10. The van der Waals surface area contributed by atoms with Crippen LogP contribution in [0.15, 0.2) is 109 Å². The summed E-state index contributed by atoms with van der Waals surface area (Å²) in [6.45, 7) is 2.05. The molecular formula is C58H76N10O6S4. The fourth-order valence-electron chi connectivity index (χ4n) is 8.49. The van der Waals surface area contributed by atoms with E-state index in [1.165, 1.54) is 39.0 Å². The minimum absolute atomic E-state index is 0.0835.